The lowest BCUT2D eigenvalue weighted by Gasteiger charge is -2.14. The second-order valence-electron chi connectivity index (χ2n) is 6.71. The van der Waals surface area contributed by atoms with Crippen molar-refractivity contribution in [1.29, 1.82) is 0 Å². The summed E-state index contributed by atoms with van der Waals surface area (Å²) in [5, 5.41) is 5.15. The summed E-state index contributed by atoms with van der Waals surface area (Å²) in [6.07, 6.45) is 1.51. The van der Waals surface area contributed by atoms with E-state index in [1.807, 2.05) is 0 Å². The first-order valence-electron chi connectivity index (χ1n) is 8.89. The van der Waals surface area contributed by atoms with E-state index in [1.54, 1.807) is 12.1 Å². The highest BCUT2D eigenvalue weighted by Gasteiger charge is 2.30. The first kappa shape index (κ1) is 22.4. The molecule has 1 fully saturated rings. The van der Waals surface area contributed by atoms with Gasteiger partial charge in [0.25, 0.3) is 5.91 Å². The van der Waals surface area contributed by atoms with Crippen LogP contribution < -0.4 is 20.1 Å². The van der Waals surface area contributed by atoms with Crippen molar-refractivity contribution in [3.63, 3.8) is 0 Å². The van der Waals surface area contributed by atoms with Crippen molar-refractivity contribution >= 4 is 56.4 Å². The van der Waals surface area contributed by atoms with Crippen molar-refractivity contribution in [2.24, 2.45) is 0 Å². The van der Waals surface area contributed by atoms with Crippen LogP contribution in [0.5, 0.6) is 5.75 Å². The smallest absolute Gasteiger partial charge is 0.257 e. The molecule has 0 saturated heterocycles. The fourth-order valence-corrected chi connectivity index (χ4v) is 4.83. The van der Waals surface area contributed by atoms with E-state index in [1.165, 1.54) is 26.2 Å². The lowest BCUT2D eigenvalue weighted by Crippen LogP contribution is -2.26. The number of hydrogen-bond acceptors (Lipinski definition) is 5. The number of carbonyl (C=O) groups excluding carboxylic acids is 2. The van der Waals surface area contributed by atoms with Crippen molar-refractivity contribution in [2.75, 3.05) is 17.7 Å². The molecule has 8 nitrogen and oxygen atoms in total. The molecular weight excluding hydrogens is 453 g/mol. The molecule has 0 radical (unpaired) electrons. The molecule has 0 heterocycles. The Morgan fingerprint density at radius 1 is 1.07 bits per heavy atom. The van der Waals surface area contributed by atoms with Crippen LogP contribution in [-0.2, 0) is 14.8 Å². The summed E-state index contributed by atoms with van der Waals surface area (Å²) in [6, 6.07) is 6.89. The highest BCUT2D eigenvalue weighted by atomic mass is 35.5. The first-order chi connectivity index (χ1) is 14.1. The van der Waals surface area contributed by atoms with Crippen LogP contribution in [0.15, 0.2) is 35.2 Å². The van der Waals surface area contributed by atoms with Crippen LogP contribution in [0.25, 0.3) is 0 Å². The summed E-state index contributed by atoms with van der Waals surface area (Å²) in [4.78, 5) is 23.9. The molecule has 2 amide bonds. The predicted molar refractivity (Wildman–Crippen MR) is 115 cm³/mol. The highest BCUT2D eigenvalue weighted by Crippen LogP contribution is 2.32. The Bertz CT molecular complexity index is 1120. The quantitative estimate of drug-likeness (QED) is 0.569. The molecule has 0 bridgehead atoms. The minimum Gasteiger partial charge on any atom is -0.495 e. The van der Waals surface area contributed by atoms with Gasteiger partial charge in [0.15, 0.2) is 0 Å². The summed E-state index contributed by atoms with van der Waals surface area (Å²) >= 11 is 12.2. The Morgan fingerprint density at radius 2 is 1.77 bits per heavy atom. The van der Waals surface area contributed by atoms with Gasteiger partial charge in [0.05, 0.1) is 28.4 Å². The van der Waals surface area contributed by atoms with Gasteiger partial charge in [-0.2, -0.15) is 0 Å². The van der Waals surface area contributed by atoms with Crippen LogP contribution in [0, 0.1) is 0 Å². The van der Waals surface area contributed by atoms with Gasteiger partial charge >= 0.3 is 0 Å². The minimum absolute atomic E-state index is 0.00142. The van der Waals surface area contributed by atoms with Gasteiger partial charge in [-0.25, -0.2) is 13.1 Å². The van der Waals surface area contributed by atoms with Crippen LogP contribution in [0.1, 0.15) is 30.1 Å². The van der Waals surface area contributed by atoms with E-state index in [4.69, 9.17) is 27.9 Å². The molecule has 0 unspecified atom stereocenters. The van der Waals surface area contributed by atoms with Gasteiger partial charge < -0.3 is 15.4 Å². The second kappa shape index (κ2) is 8.81. The van der Waals surface area contributed by atoms with Crippen molar-refractivity contribution < 1.29 is 22.7 Å². The molecule has 1 saturated carbocycles. The number of methoxy groups -OCH3 is 1. The molecule has 11 heteroatoms. The van der Waals surface area contributed by atoms with Gasteiger partial charge in [0.1, 0.15) is 10.6 Å². The lowest BCUT2D eigenvalue weighted by molar-refractivity contribution is -0.114. The fourth-order valence-electron chi connectivity index (χ4n) is 2.66. The van der Waals surface area contributed by atoms with E-state index in [0.29, 0.717) is 17.1 Å². The number of halogens is 2. The third-order valence-corrected chi connectivity index (χ3v) is 6.52. The monoisotopic (exact) mass is 471 g/mol. The zero-order chi connectivity index (χ0) is 22.1. The molecule has 1 aliphatic rings. The standard InChI is InChI=1S/C19H19Cl2N3O5S/c1-10(25)22-16-7-12(5-6-17(16)29-2)23-19(26)13-8-18(15(21)9-14(13)20)30(27,28)24-11-3-4-11/h5-9,11,24H,3-4H2,1-2H3,(H,22,25)(H,23,26). The molecule has 160 valence electrons. The SMILES string of the molecule is COc1ccc(NC(=O)c2cc(S(=O)(=O)NC3CC3)c(Cl)cc2Cl)cc1NC(C)=O. The third kappa shape index (κ3) is 5.23. The summed E-state index contributed by atoms with van der Waals surface area (Å²) in [7, 11) is -2.44. The number of nitrogens with one attached hydrogen (secondary N) is 3. The van der Waals surface area contributed by atoms with Crippen molar-refractivity contribution in [2.45, 2.75) is 30.7 Å². The zero-order valence-corrected chi connectivity index (χ0v) is 18.4. The predicted octanol–water partition coefficient (Wildman–Crippen LogP) is 3.65. The largest absolute Gasteiger partial charge is 0.495 e. The Morgan fingerprint density at radius 3 is 2.37 bits per heavy atom. The summed E-state index contributed by atoms with van der Waals surface area (Å²) in [6.45, 7) is 1.34. The van der Waals surface area contributed by atoms with Gasteiger partial charge in [-0.15, -0.1) is 0 Å². The van der Waals surface area contributed by atoms with E-state index >= 15 is 0 Å². The summed E-state index contributed by atoms with van der Waals surface area (Å²) in [5.74, 6) is -0.540. The van der Waals surface area contributed by atoms with Gasteiger partial charge in [-0.3, -0.25) is 9.59 Å². The average molecular weight is 472 g/mol. The Balaban J connectivity index is 1.90. The molecule has 1 aliphatic carbocycles. The maximum atomic E-state index is 12.8. The van der Waals surface area contributed by atoms with E-state index in [0.717, 1.165) is 18.9 Å². The average Bonchev–Trinajstić information content (AvgIpc) is 3.44. The normalized spacial score (nSPS) is 13.6. The fraction of sp³-hybridized carbons (Fsp3) is 0.263. The van der Waals surface area contributed by atoms with Crippen LogP contribution in [0.2, 0.25) is 10.0 Å². The molecule has 2 aromatic rings. The number of carbonyl (C=O) groups is 2. The van der Waals surface area contributed by atoms with E-state index in [-0.39, 0.29) is 32.5 Å². The maximum Gasteiger partial charge on any atom is 0.257 e. The molecule has 0 aromatic heterocycles. The van der Waals surface area contributed by atoms with Gasteiger partial charge in [0, 0.05) is 18.7 Å². The van der Waals surface area contributed by atoms with Gasteiger partial charge in [0.2, 0.25) is 15.9 Å². The van der Waals surface area contributed by atoms with Gasteiger partial charge in [-0.05, 0) is 43.2 Å². The molecule has 0 aliphatic heterocycles. The Hall–Kier alpha value is -2.33. The highest BCUT2D eigenvalue weighted by molar-refractivity contribution is 7.89. The number of benzene rings is 2. The topological polar surface area (TPSA) is 114 Å². The minimum atomic E-state index is -3.89. The Labute approximate surface area is 183 Å². The van der Waals surface area contributed by atoms with Crippen molar-refractivity contribution in [3.8, 4) is 5.75 Å². The number of rotatable bonds is 7. The molecule has 0 spiro atoms. The molecule has 2 aromatic carbocycles. The summed E-state index contributed by atoms with van der Waals surface area (Å²) < 4.78 is 32.8. The lowest BCUT2D eigenvalue weighted by atomic mass is 10.2. The van der Waals surface area contributed by atoms with Crippen LogP contribution in [0.4, 0.5) is 11.4 Å². The molecular formula is C19H19Cl2N3O5S. The van der Waals surface area contributed by atoms with E-state index in [2.05, 4.69) is 15.4 Å². The number of sulfonamides is 1. The first-order valence-corrected chi connectivity index (χ1v) is 11.1. The van der Waals surface area contributed by atoms with Crippen molar-refractivity contribution in [3.05, 3.63) is 45.9 Å². The van der Waals surface area contributed by atoms with Gasteiger partial charge in [-0.1, -0.05) is 23.2 Å². The van der Waals surface area contributed by atoms with Crippen LogP contribution in [0.3, 0.4) is 0 Å². The summed E-state index contributed by atoms with van der Waals surface area (Å²) in [5.41, 5.74) is 0.645. The number of ether oxygens (including phenoxy) is 1. The molecule has 3 N–H and O–H groups in total. The Kier molecular flexibility index (Phi) is 6.56. The molecule has 0 atom stereocenters. The van der Waals surface area contributed by atoms with E-state index in [9.17, 15) is 18.0 Å². The molecule has 30 heavy (non-hydrogen) atoms. The maximum absolute atomic E-state index is 12.8. The number of anilines is 2. The second-order valence-corrected chi connectivity index (χ2v) is 9.21. The third-order valence-electron chi connectivity index (χ3n) is 4.22. The zero-order valence-electron chi connectivity index (χ0n) is 16.1. The van der Waals surface area contributed by atoms with Crippen LogP contribution >= 0.6 is 23.2 Å². The number of amides is 2. The number of hydrogen-bond donors (Lipinski definition) is 3. The molecule has 3 rings (SSSR count). The van der Waals surface area contributed by atoms with Crippen molar-refractivity contribution in [1.82, 2.24) is 4.72 Å². The van der Waals surface area contributed by atoms with Crippen LogP contribution in [-0.4, -0.2) is 33.4 Å². The van der Waals surface area contributed by atoms with E-state index < -0.39 is 15.9 Å².